The topological polar surface area (TPSA) is 80.4 Å². The van der Waals surface area contributed by atoms with Crippen molar-refractivity contribution < 1.29 is 13.5 Å². The summed E-state index contributed by atoms with van der Waals surface area (Å²) in [6.45, 7) is 0. The normalized spacial score (nSPS) is 21.0. The number of fused-ring (bicyclic) bond motifs is 1. The Balaban J connectivity index is 2.32. The average Bonchev–Trinajstić information content (AvgIpc) is 2.15. The molecule has 0 saturated carbocycles. The second-order valence-electron chi connectivity index (χ2n) is 3.91. The van der Waals surface area contributed by atoms with E-state index in [9.17, 15) is 13.5 Å². The number of primary sulfonamides is 1. The highest BCUT2D eigenvalue weighted by Crippen LogP contribution is 2.27. The molecule has 1 aromatic rings. The maximum Gasteiger partial charge on any atom is 0.212 e. The number of rotatable bonds is 1. The lowest BCUT2D eigenvalue weighted by atomic mass is 9.91. The van der Waals surface area contributed by atoms with E-state index >= 15 is 0 Å². The molecule has 1 aromatic carbocycles. The van der Waals surface area contributed by atoms with Crippen molar-refractivity contribution in [2.24, 2.45) is 5.14 Å². The van der Waals surface area contributed by atoms with Crippen LogP contribution in [0.1, 0.15) is 17.5 Å². The number of phenolic OH excluding ortho intramolecular Hbond substituents is 1. The van der Waals surface area contributed by atoms with E-state index in [4.69, 9.17) is 5.14 Å². The molecule has 3 N–H and O–H groups in total. The highest BCUT2D eigenvalue weighted by molar-refractivity contribution is 7.89. The summed E-state index contributed by atoms with van der Waals surface area (Å²) in [7, 11) is -3.44. The molecule has 0 spiro atoms. The van der Waals surface area contributed by atoms with Gasteiger partial charge < -0.3 is 5.11 Å². The summed E-state index contributed by atoms with van der Waals surface area (Å²) < 4.78 is 22.4. The standard InChI is InChI=1S/C10H13NO3S/c11-15(13,14)10-4-2-7-5-9(12)3-1-8(7)6-10/h1,3,5,10,12H,2,4,6H2,(H2,11,13,14)/t10-/m1/s1. The molecule has 2 rings (SSSR count). The van der Waals surface area contributed by atoms with Gasteiger partial charge in [-0.05, 0) is 42.5 Å². The fourth-order valence-electron chi connectivity index (χ4n) is 1.99. The SMILES string of the molecule is NS(=O)(=O)[C@@H]1CCc2cc(O)ccc2C1. The van der Waals surface area contributed by atoms with Gasteiger partial charge in [-0.15, -0.1) is 0 Å². The van der Waals surface area contributed by atoms with E-state index in [0.29, 0.717) is 19.3 Å². The zero-order chi connectivity index (χ0) is 11.1. The minimum absolute atomic E-state index is 0.225. The fraction of sp³-hybridized carbons (Fsp3) is 0.400. The predicted octanol–water partition coefficient (Wildman–Crippen LogP) is 0.538. The zero-order valence-corrected chi connectivity index (χ0v) is 9.00. The molecule has 82 valence electrons. The van der Waals surface area contributed by atoms with Crippen molar-refractivity contribution in [3.8, 4) is 5.75 Å². The molecule has 0 fully saturated rings. The Labute approximate surface area is 88.8 Å². The number of nitrogens with two attached hydrogens (primary N) is 1. The van der Waals surface area contributed by atoms with E-state index in [2.05, 4.69) is 0 Å². The van der Waals surface area contributed by atoms with E-state index in [1.807, 2.05) is 0 Å². The van der Waals surface area contributed by atoms with Gasteiger partial charge in [0.05, 0.1) is 5.25 Å². The van der Waals surface area contributed by atoms with Gasteiger partial charge in [-0.1, -0.05) is 6.07 Å². The van der Waals surface area contributed by atoms with Crippen LogP contribution in [0.25, 0.3) is 0 Å². The van der Waals surface area contributed by atoms with Crippen LogP contribution in [0.5, 0.6) is 5.75 Å². The lowest BCUT2D eigenvalue weighted by Crippen LogP contribution is -2.33. The zero-order valence-electron chi connectivity index (χ0n) is 8.18. The fourth-order valence-corrected chi connectivity index (χ4v) is 2.85. The van der Waals surface area contributed by atoms with Crippen molar-refractivity contribution in [2.75, 3.05) is 0 Å². The molecule has 0 bridgehead atoms. The van der Waals surface area contributed by atoms with E-state index in [-0.39, 0.29) is 5.75 Å². The van der Waals surface area contributed by atoms with Crippen molar-refractivity contribution in [1.82, 2.24) is 0 Å². The van der Waals surface area contributed by atoms with Crippen molar-refractivity contribution in [3.05, 3.63) is 29.3 Å². The number of hydrogen-bond donors (Lipinski definition) is 2. The highest BCUT2D eigenvalue weighted by Gasteiger charge is 2.26. The number of hydrogen-bond acceptors (Lipinski definition) is 3. The quantitative estimate of drug-likeness (QED) is 0.734. The molecular weight excluding hydrogens is 214 g/mol. The summed E-state index contributed by atoms with van der Waals surface area (Å²) in [6.07, 6.45) is 1.65. The van der Waals surface area contributed by atoms with E-state index in [1.165, 1.54) is 0 Å². The largest absolute Gasteiger partial charge is 0.508 e. The molecule has 15 heavy (non-hydrogen) atoms. The molecule has 0 unspecified atom stereocenters. The minimum atomic E-state index is -3.44. The highest BCUT2D eigenvalue weighted by atomic mass is 32.2. The lowest BCUT2D eigenvalue weighted by molar-refractivity contribution is 0.473. The monoisotopic (exact) mass is 227 g/mol. The van der Waals surface area contributed by atoms with Crippen LogP contribution < -0.4 is 5.14 Å². The maximum atomic E-state index is 11.2. The van der Waals surface area contributed by atoms with Gasteiger partial charge in [0.2, 0.25) is 10.0 Å². The molecule has 4 nitrogen and oxygen atoms in total. The van der Waals surface area contributed by atoms with Gasteiger partial charge in [-0.25, -0.2) is 13.6 Å². The van der Waals surface area contributed by atoms with Gasteiger partial charge >= 0.3 is 0 Å². The number of aryl methyl sites for hydroxylation is 1. The first-order valence-corrected chi connectivity index (χ1v) is 6.40. The second-order valence-corrected chi connectivity index (χ2v) is 5.75. The summed E-state index contributed by atoms with van der Waals surface area (Å²) >= 11 is 0. The molecule has 0 aromatic heterocycles. The summed E-state index contributed by atoms with van der Waals surface area (Å²) in [5, 5.41) is 13.9. The summed E-state index contributed by atoms with van der Waals surface area (Å²) in [6, 6.07) is 5.03. The molecule has 0 radical (unpaired) electrons. The first kappa shape index (κ1) is 10.4. The first-order valence-electron chi connectivity index (χ1n) is 4.79. The van der Waals surface area contributed by atoms with E-state index in [1.54, 1.807) is 18.2 Å². The third-order valence-electron chi connectivity index (χ3n) is 2.84. The van der Waals surface area contributed by atoms with Crippen molar-refractivity contribution in [1.29, 1.82) is 0 Å². The minimum Gasteiger partial charge on any atom is -0.508 e. The number of sulfonamides is 1. The average molecular weight is 227 g/mol. The van der Waals surface area contributed by atoms with Crippen LogP contribution in [-0.4, -0.2) is 18.8 Å². The predicted molar refractivity (Wildman–Crippen MR) is 57.0 cm³/mol. The van der Waals surface area contributed by atoms with Gasteiger partial charge in [-0.2, -0.15) is 0 Å². The Morgan fingerprint density at radius 1 is 1.33 bits per heavy atom. The van der Waals surface area contributed by atoms with Crippen LogP contribution in [0.3, 0.4) is 0 Å². The van der Waals surface area contributed by atoms with Crippen molar-refractivity contribution in [2.45, 2.75) is 24.5 Å². The second kappa shape index (κ2) is 3.50. The maximum absolute atomic E-state index is 11.2. The van der Waals surface area contributed by atoms with Crippen LogP contribution >= 0.6 is 0 Å². The Kier molecular flexibility index (Phi) is 2.44. The molecule has 5 heteroatoms. The third-order valence-corrected chi connectivity index (χ3v) is 4.17. The molecule has 1 aliphatic carbocycles. The molecule has 0 saturated heterocycles. The Morgan fingerprint density at radius 2 is 2.07 bits per heavy atom. The van der Waals surface area contributed by atoms with E-state index < -0.39 is 15.3 Å². The lowest BCUT2D eigenvalue weighted by Gasteiger charge is -2.22. The molecule has 0 amide bonds. The van der Waals surface area contributed by atoms with Gasteiger partial charge in [0.25, 0.3) is 0 Å². The van der Waals surface area contributed by atoms with Crippen LogP contribution in [0.2, 0.25) is 0 Å². The Hall–Kier alpha value is -1.07. The Bertz CT molecular complexity index is 481. The number of aromatic hydroxyl groups is 1. The van der Waals surface area contributed by atoms with Crippen molar-refractivity contribution >= 4 is 10.0 Å². The van der Waals surface area contributed by atoms with Gasteiger partial charge in [0, 0.05) is 0 Å². The third kappa shape index (κ3) is 2.13. The first-order chi connectivity index (χ1) is 6.97. The molecule has 1 aliphatic rings. The van der Waals surface area contributed by atoms with Gasteiger partial charge in [0.1, 0.15) is 5.75 Å². The number of phenols is 1. The molecular formula is C10H13NO3S. The van der Waals surface area contributed by atoms with Crippen LogP contribution in [-0.2, 0) is 22.9 Å². The van der Waals surface area contributed by atoms with Crippen molar-refractivity contribution in [3.63, 3.8) is 0 Å². The molecule has 1 atom stereocenters. The number of benzene rings is 1. The van der Waals surface area contributed by atoms with Gasteiger partial charge in [-0.3, -0.25) is 0 Å². The summed E-state index contributed by atoms with van der Waals surface area (Å²) in [4.78, 5) is 0. The van der Waals surface area contributed by atoms with Crippen LogP contribution in [0.15, 0.2) is 18.2 Å². The van der Waals surface area contributed by atoms with Crippen LogP contribution in [0, 0.1) is 0 Å². The van der Waals surface area contributed by atoms with E-state index in [0.717, 1.165) is 11.1 Å². The van der Waals surface area contributed by atoms with Crippen LogP contribution in [0.4, 0.5) is 0 Å². The Morgan fingerprint density at radius 3 is 2.73 bits per heavy atom. The smallest absolute Gasteiger partial charge is 0.212 e. The van der Waals surface area contributed by atoms with Gasteiger partial charge in [0.15, 0.2) is 0 Å². The molecule has 0 heterocycles. The molecule has 0 aliphatic heterocycles. The summed E-state index contributed by atoms with van der Waals surface area (Å²) in [5.41, 5.74) is 1.99. The summed E-state index contributed by atoms with van der Waals surface area (Å²) in [5.74, 6) is 0.225.